The van der Waals surface area contributed by atoms with Gasteiger partial charge in [-0.1, -0.05) is 24.3 Å². The molecule has 1 atom stereocenters. The fourth-order valence-corrected chi connectivity index (χ4v) is 3.76. The minimum Gasteiger partial charge on any atom is -0.497 e. The van der Waals surface area contributed by atoms with Crippen molar-refractivity contribution in [3.63, 3.8) is 0 Å². The van der Waals surface area contributed by atoms with Crippen molar-refractivity contribution >= 4 is 17.7 Å². The fourth-order valence-electron chi connectivity index (χ4n) is 3.76. The van der Waals surface area contributed by atoms with Crippen molar-refractivity contribution in [2.45, 2.75) is 25.9 Å². The molecule has 4 rings (SSSR count). The maximum atomic E-state index is 13.4. The first-order valence-corrected chi connectivity index (χ1v) is 12.0. The lowest BCUT2D eigenvalue weighted by Crippen LogP contribution is -2.41. The van der Waals surface area contributed by atoms with E-state index in [2.05, 4.69) is 32.0 Å². The van der Waals surface area contributed by atoms with Crippen LogP contribution >= 0.6 is 0 Å². The third kappa shape index (κ3) is 6.86. The Labute approximate surface area is 216 Å². The Kier molecular flexibility index (Phi) is 8.34. The van der Waals surface area contributed by atoms with Crippen molar-refractivity contribution < 1.29 is 9.53 Å². The Bertz CT molecular complexity index is 1350. The Balaban J connectivity index is 1.57. The van der Waals surface area contributed by atoms with Gasteiger partial charge >= 0.3 is 0 Å². The standard InChI is InChI=1S/C28H29N7O2/c1-3-30-28-33-25(17-26(34-28)35-14-4-5-15-35)32-24(16-20-10-12-23(37-2)13-11-20)27(36)31-19-22-8-6-21(18-29)7-9-22/h4-15,17,24H,3,16,19H2,1-2H3,(H,31,36)(H2,30,32,33,34)/t24-/m1/s1. The number of rotatable bonds is 11. The molecule has 0 aliphatic heterocycles. The Morgan fingerprint density at radius 2 is 1.76 bits per heavy atom. The van der Waals surface area contributed by atoms with E-state index in [1.54, 1.807) is 19.2 Å². The molecule has 0 saturated carbocycles. The molecule has 4 aromatic rings. The first kappa shape index (κ1) is 25.3. The maximum absolute atomic E-state index is 13.4. The number of nitrogens with one attached hydrogen (secondary N) is 3. The summed E-state index contributed by atoms with van der Waals surface area (Å²) in [5.74, 6) is 2.26. The van der Waals surface area contributed by atoms with E-state index in [1.807, 2.05) is 78.5 Å². The number of hydrogen-bond acceptors (Lipinski definition) is 7. The van der Waals surface area contributed by atoms with E-state index in [0.717, 1.165) is 16.9 Å². The third-order valence-electron chi connectivity index (χ3n) is 5.70. The molecule has 2 aromatic heterocycles. The molecule has 0 saturated heterocycles. The van der Waals surface area contributed by atoms with Gasteiger partial charge in [-0.25, -0.2) is 0 Å². The largest absolute Gasteiger partial charge is 0.497 e. The summed E-state index contributed by atoms with van der Waals surface area (Å²) >= 11 is 0. The molecule has 0 fully saturated rings. The van der Waals surface area contributed by atoms with Crippen LogP contribution in [-0.4, -0.2) is 40.1 Å². The van der Waals surface area contributed by atoms with Gasteiger partial charge in [-0.2, -0.15) is 15.2 Å². The molecule has 188 valence electrons. The molecule has 9 nitrogen and oxygen atoms in total. The van der Waals surface area contributed by atoms with Crippen LogP contribution in [-0.2, 0) is 17.8 Å². The molecule has 0 spiro atoms. The highest BCUT2D eigenvalue weighted by Crippen LogP contribution is 2.18. The van der Waals surface area contributed by atoms with Gasteiger partial charge in [0.25, 0.3) is 0 Å². The highest BCUT2D eigenvalue weighted by Gasteiger charge is 2.20. The van der Waals surface area contributed by atoms with Crippen LogP contribution in [0.25, 0.3) is 5.82 Å². The second-order valence-electron chi connectivity index (χ2n) is 8.33. The Morgan fingerprint density at radius 3 is 2.41 bits per heavy atom. The van der Waals surface area contributed by atoms with Crippen LogP contribution in [0.5, 0.6) is 5.75 Å². The van der Waals surface area contributed by atoms with Gasteiger partial charge in [-0.05, 0) is 54.4 Å². The number of ether oxygens (including phenoxy) is 1. The van der Waals surface area contributed by atoms with Crippen molar-refractivity contribution in [2.24, 2.45) is 0 Å². The molecule has 0 radical (unpaired) electrons. The number of methoxy groups -OCH3 is 1. The minimum atomic E-state index is -0.603. The molecular weight excluding hydrogens is 466 g/mol. The number of hydrogen-bond donors (Lipinski definition) is 3. The monoisotopic (exact) mass is 495 g/mol. The topological polar surface area (TPSA) is 117 Å². The van der Waals surface area contributed by atoms with Gasteiger partial charge in [0.2, 0.25) is 11.9 Å². The zero-order chi connectivity index (χ0) is 26.0. The van der Waals surface area contributed by atoms with Crippen LogP contribution in [0.1, 0.15) is 23.6 Å². The zero-order valence-electron chi connectivity index (χ0n) is 20.8. The van der Waals surface area contributed by atoms with E-state index in [0.29, 0.717) is 42.7 Å². The average Bonchev–Trinajstić information content (AvgIpc) is 3.47. The summed E-state index contributed by atoms with van der Waals surface area (Å²) in [4.78, 5) is 22.5. The van der Waals surface area contributed by atoms with E-state index in [-0.39, 0.29) is 5.91 Å². The smallest absolute Gasteiger partial charge is 0.243 e. The zero-order valence-corrected chi connectivity index (χ0v) is 20.8. The quantitative estimate of drug-likeness (QED) is 0.289. The van der Waals surface area contributed by atoms with Gasteiger partial charge in [-0.3, -0.25) is 4.79 Å². The molecule has 2 aromatic carbocycles. The molecule has 0 aliphatic rings. The average molecular weight is 496 g/mol. The number of benzene rings is 2. The summed E-state index contributed by atoms with van der Waals surface area (Å²) in [5, 5.41) is 18.5. The molecule has 9 heteroatoms. The Hall–Kier alpha value is -4.84. The fraction of sp³-hybridized carbons (Fsp3) is 0.214. The predicted molar refractivity (Wildman–Crippen MR) is 143 cm³/mol. The number of carbonyl (C=O) groups is 1. The van der Waals surface area contributed by atoms with Crippen LogP contribution < -0.4 is 20.7 Å². The molecular formula is C28H29N7O2. The van der Waals surface area contributed by atoms with Crippen molar-refractivity contribution in [2.75, 3.05) is 24.3 Å². The van der Waals surface area contributed by atoms with Crippen LogP contribution in [0, 0.1) is 11.3 Å². The second-order valence-corrected chi connectivity index (χ2v) is 8.33. The number of aromatic nitrogens is 3. The summed E-state index contributed by atoms with van der Waals surface area (Å²) in [7, 11) is 1.62. The van der Waals surface area contributed by atoms with Crippen LogP contribution in [0.2, 0.25) is 0 Å². The number of nitriles is 1. The normalized spacial score (nSPS) is 11.3. The van der Waals surface area contributed by atoms with Crippen LogP contribution in [0.3, 0.4) is 0 Å². The van der Waals surface area contributed by atoms with Crippen molar-refractivity contribution in [3.8, 4) is 17.6 Å². The number of amides is 1. The van der Waals surface area contributed by atoms with Gasteiger partial charge in [0, 0.05) is 38.0 Å². The lowest BCUT2D eigenvalue weighted by Gasteiger charge is -2.20. The lowest BCUT2D eigenvalue weighted by molar-refractivity contribution is -0.122. The molecule has 37 heavy (non-hydrogen) atoms. The van der Waals surface area contributed by atoms with Crippen molar-refractivity contribution in [3.05, 3.63) is 95.8 Å². The predicted octanol–water partition coefficient (Wildman–Crippen LogP) is 3.92. The maximum Gasteiger partial charge on any atom is 0.243 e. The molecule has 1 amide bonds. The first-order chi connectivity index (χ1) is 18.1. The molecule has 3 N–H and O–H groups in total. The van der Waals surface area contributed by atoms with Crippen LogP contribution in [0.15, 0.2) is 79.1 Å². The van der Waals surface area contributed by atoms with E-state index in [1.165, 1.54) is 0 Å². The molecule has 0 unspecified atom stereocenters. The molecule has 2 heterocycles. The summed E-state index contributed by atoms with van der Waals surface area (Å²) < 4.78 is 7.15. The lowest BCUT2D eigenvalue weighted by atomic mass is 10.0. The summed E-state index contributed by atoms with van der Waals surface area (Å²) in [5.41, 5.74) is 2.45. The van der Waals surface area contributed by atoms with E-state index < -0.39 is 6.04 Å². The SMILES string of the molecule is CCNc1nc(N[C@H](Cc2ccc(OC)cc2)C(=O)NCc2ccc(C#N)cc2)cc(-n2cccc2)n1. The Morgan fingerprint density at radius 1 is 1.05 bits per heavy atom. The molecule has 0 aliphatic carbocycles. The summed E-state index contributed by atoms with van der Waals surface area (Å²) in [6.07, 6.45) is 4.24. The highest BCUT2D eigenvalue weighted by atomic mass is 16.5. The minimum absolute atomic E-state index is 0.175. The van der Waals surface area contributed by atoms with Gasteiger partial charge in [0.05, 0.1) is 18.7 Å². The van der Waals surface area contributed by atoms with E-state index >= 15 is 0 Å². The molecule has 0 bridgehead atoms. The highest BCUT2D eigenvalue weighted by molar-refractivity contribution is 5.84. The van der Waals surface area contributed by atoms with Crippen molar-refractivity contribution in [1.29, 1.82) is 5.26 Å². The third-order valence-corrected chi connectivity index (χ3v) is 5.70. The van der Waals surface area contributed by atoms with E-state index in [4.69, 9.17) is 10.00 Å². The van der Waals surface area contributed by atoms with Crippen molar-refractivity contribution in [1.82, 2.24) is 19.9 Å². The number of carbonyl (C=O) groups excluding carboxylic acids is 1. The summed E-state index contributed by atoms with van der Waals surface area (Å²) in [6.45, 7) is 2.98. The second kappa shape index (κ2) is 12.2. The number of nitrogens with zero attached hydrogens (tertiary/aromatic N) is 4. The first-order valence-electron chi connectivity index (χ1n) is 12.0. The van der Waals surface area contributed by atoms with E-state index in [9.17, 15) is 4.79 Å². The van der Waals surface area contributed by atoms with Gasteiger partial charge in [0.1, 0.15) is 23.4 Å². The number of anilines is 2. The van der Waals surface area contributed by atoms with Gasteiger partial charge in [-0.15, -0.1) is 0 Å². The van der Waals surface area contributed by atoms with Crippen LogP contribution in [0.4, 0.5) is 11.8 Å². The van der Waals surface area contributed by atoms with Gasteiger partial charge < -0.3 is 25.3 Å². The summed E-state index contributed by atoms with van der Waals surface area (Å²) in [6, 6.07) is 21.9. The van der Waals surface area contributed by atoms with Gasteiger partial charge in [0.15, 0.2) is 0 Å².